The maximum absolute atomic E-state index is 12.7. The fourth-order valence-corrected chi connectivity index (χ4v) is 4.48. The van der Waals surface area contributed by atoms with E-state index in [1.54, 1.807) is 19.1 Å². The van der Waals surface area contributed by atoms with Crippen molar-refractivity contribution in [3.63, 3.8) is 0 Å². The number of piperidine rings is 1. The normalized spacial score (nSPS) is 20.2. The zero-order chi connectivity index (χ0) is 15.6. The van der Waals surface area contributed by atoms with Crippen molar-refractivity contribution in [2.75, 3.05) is 20.2 Å². The molecule has 0 radical (unpaired) electrons. The fraction of sp³-hybridized carbons (Fsp3) is 0.533. The van der Waals surface area contributed by atoms with Crippen molar-refractivity contribution < 1.29 is 17.9 Å². The lowest BCUT2D eigenvalue weighted by atomic mass is 10.0. The first-order valence-electron chi connectivity index (χ1n) is 7.01. The minimum atomic E-state index is -3.56. The summed E-state index contributed by atoms with van der Waals surface area (Å²) in [6.45, 7) is 4.37. The number of nitrogens with zero attached hydrogens (tertiary/aromatic N) is 1. The molecule has 1 atom stereocenters. The van der Waals surface area contributed by atoms with Crippen molar-refractivity contribution in [1.82, 2.24) is 4.31 Å². The summed E-state index contributed by atoms with van der Waals surface area (Å²) in [7, 11) is -2.23. The van der Waals surface area contributed by atoms with Crippen molar-refractivity contribution in [2.45, 2.75) is 31.6 Å². The van der Waals surface area contributed by atoms with Crippen LogP contribution in [-0.2, 0) is 19.6 Å². The Morgan fingerprint density at radius 1 is 1.33 bits per heavy atom. The molecule has 116 valence electrons. The van der Waals surface area contributed by atoms with Gasteiger partial charge in [0.2, 0.25) is 10.0 Å². The second-order valence-corrected chi connectivity index (χ2v) is 7.40. The maximum Gasteiger partial charge on any atom is 0.309 e. The number of benzene rings is 1. The van der Waals surface area contributed by atoms with E-state index >= 15 is 0 Å². The molecule has 6 heteroatoms. The molecule has 1 aromatic rings. The summed E-state index contributed by atoms with van der Waals surface area (Å²) in [5.41, 5.74) is 1.76. The molecular weight excluding hydrogens is 290 g/mol. The van der Waals surface area contributed by atoms with Gasteiger partial charge in [-0.15, -0.1) is 0 Å². The van der Waals surface area contributed by atoms with Crippen LogP contribution in [0.5, 0.6) is 0 Å². The summed E-state index contributed by atoms with van der Waals surface area (Å²) in [6.07, 6.45) is 1.34. The van der Waals surface area contributed by atoms with Crippen LogP contribution in [0, 0.1) is 19.8 Å². The predicted molar refractivity (Wildman–Crippen MR) is 79.4 cm³/mol. The lowest BCUT2D eigenvalue weighted by Crippen LogP contribution is -2.42. The number of hydrogen-bond acceptors (Lipinski definition) is 4. The van der Waals surface area contributed by atoms with Crippen LogP contribution in [-0.4, -0.2) is 38.9 Å². The van der Waals surface area contributed by atoms with Crippen LogP contribution >= 0.6 is 0 Å². The van der Waals surface area contributed by atoms with E-state index in [2.05, 4.69) is 0 Å². The Kier molecular flexibility index (Phi) is 4.68. The highest BCUT2D eigenvalue weighted by molar-refractivity contribution is 7.89. The van der Waals surface area contributed by atoms with Crippen molar-refractivity contribution in [3.8, 4) is 0 Å². The minimum absolute atomic E-state index is 0.197. The van der Waals surface area contributed by atoms with Crippen LogP contribution < -0.4 is 0 Å². The Balaban J connectivity index is 2.28. The summed E-state index contributed by atoms with van der Waals surface area (Å²) in [6, 6.07) is 5.29. The highest BCUT2D eigenvalue weighted by Gasteiger charge is 2.34. The first kappa shape index (κ1) is 16.0. The zero-order valence-electron chi connectivity index (χ0n) is 12.6. The van der Waals surface area contributed by atoms with E-state index in [-0.39, 0.29) is 18.4 Å². The van der Waals surface area contributed by atoms with E-state index in [0.29, 0.717) is 24.3 Å². The number of sulfonamides is 1. The zero-order valence-corrected chi connectivity index (χ0v) is 13.4. The molecule has 0 N–H and O–H groups in total. The van der Waals surface area contributed by atoms with Gasteiger partial charge in [-0.05, 0) is 38.3 Å². The Bertz CT molecular complexity index is 639. The molecule has 0 spiro atoms. The van der Waals surface area contributed by atoms with E-state index in [1.165, 1.54) is 11.4 Å². The lowest BCUT2D eigenvalue weighted by Gasteiger charge is -2.30. The summed E-state index contributed by atoms with van der Waals surface area (Å²) in [5, 5.41) is 0. The molecule has 1 saturated heterocycles. The molecule has 5 nitrogen and oxygen atoms in total. The molecule has 0 aliphatic carbocycles. The van der Waals surface area contributed by atoms with Crippen LogP contribution in [0.25, 0.3) is 0 Å². The number of carbonyl (C=O) groups is 1. The molecule has 0 bridgehead atoms. The van der Waals surface area contributed by atoms with Gasteiger partial charge in [-0.25, -0.2) is 8.42 Å². The summed E-state index contributed by atoms with van der Waals surface area (Å²) in [5.74, 6) is -0.709. The summed E-state index contributed by atoms with van der Waals surface area (Å²) < 4.78 is 31.6. The van der Waals surface area contributed by atoms with Gasteiger partial charge in [-0.1, -0.05) is 17.7 Å². The van der Waals surface area contributed by atoms with E-state index in [9.17, 15) is 13.2 Å². The molecule has 1 aromatic carbocycles. The maximum atomic E-state index is 12.7. The average molecular weight is 311 g/mol. The van der Waals surface area contributed by atoms with Crippen LogP contribution in [0.1, 0.15) is 24.0 Å². The average Bonchev–Trinajstić information content (AvgIpc) is 2.46. The quantitative estimate of drug-likeness (QED) is 0.800. The minimum Gasteiger partial charge on any atom is -0.469 e. The SMILES string of the molecule is COC(=O)C1CCCN(S(=O)(=O)c2ccc(C)cc2C)C1. The third-order valence-electron chi connectivity index (χ3n) is 3.87. The number of rotatable bonds is 3. The van der Waals surface area contributed by atoms with E-state index in [1.807, 2.05) is 13.0 Å². The van der Waals surface area contributed by atoms with Crippen LogP contribution in [0.4, 0.5) is 0 Å². The number of methoxy groups -OCH3 is 1. The van der Waals surface area contributed by atoms with Gasteiger partial charge >= 0.3 is 5.97 Å². The van der Waals surface area contributed by atoms with E-state index in [4.69, 9.17) is 4.74 Å². The summed E-state index contributed by atoms with van der Waals surface area (Å²) >= 11 is 0. The van der Waals surface area contributed by atoms with Crippen molar-refractivity contribution in [2.24, 2.45) is 5.92 Å². The monoisotopic (exact) mass is 311 g/mol. The lowest BCUT2D eigenvalue weighted by molar-refractivity contribution is -0.146. The molecule has 1 heterocycles. The Morgan fingerprint density at radius 2 is 2.05 bits per heavy atom. The molecule has 0 saturated carbocycles. The molecule has 0 aromatic heterocycles. The largest absolute Gasteiger partial charge is 0.469 e. The standard InChI is InChI=1S/C15H21NO4S/c1-11-6-7-14(12(2)9-11)21(18,19)16-8-4-5-13(10-16)15(17)20-3/h6-7,9,13H,4-5,8,10H2,1-3H3. The van der Waals surface area contributed by atoms with Gasteiger partial charge in [0.1, 0.15) is 0 Å². The van der Waals surface area contributed by atoms with Gasteiger partial charge in [0.15, 0.2) is 0 Å². The topological polar surface area (TPSA) is 63.7 Å². The molecule has 1 fully saturated rings. The number of esters is 1. The second-order valence-electron chi connectivity index (χ2n) is 5.49. The molecule has 21 heavy (non-hydrogen) atoms. The number of hydrogen-bond donors (Lipinski definition) is 0. The number of carbonyl (C=O) groups excluding carboxylic acids is 1. The Hall–Kier alpha value is -1.40. The van der Waals surface area contributed by atoms with Crippen molar-refractivity contribution in [3.05, 3.63) is 29.3 Å². The van der Waals surface area contributed by atoms with Crippen LogP contribution in [0.3, 0.4) is 0 Å². The third kappa shape index (κ3) is 3.27. The number of aryl methyl sites for hydroxylation is 2. The molecule has 1 aliphatic heterocycles. The predicted octanol–water partition coefficient (Wildman–Crippen LogP) is 1.88. The van der Waals surface area contributed by atoms with Gasteiger partial charge in [-0.3, -0.25) is 4.79 Å². The molecule has 2 rings (SSSR count). The first-order valence-corrected chi connectivity index (χ1v) is 8.45. The van der Waals surface area contributed by atoms with Gasteiger partial charge in [0.05, 0.1) is 17.9 Å². The van der Waals surface area contributed by atoms with Gasteiger partial charge < -0.3 is 4.74 Å². The van der Waals surface area contributed by atoms with Gasteiger partial charge in [0, 0.05) is 13.1 Å². The number of ether oxygens (including phenoxy) is 1. The van der Waals surface area contributed by atoms with Crippen LogP contribution in [0.2, 0.25) is 0 Å². The van der Waals surface area contributed by atoms with E-state index in [0.717, 1.165) is 11.1 Å². The highest BCUT2D eigenvalue weighted by Crippen LogP contribution is 2.26. The molecule has 0 amide bonds. The van der Waals surface area contributed by atoms with Crippen molar-refractivity contribution in [1.29, 1.82) is 0 Å². The summed E-state index contributed by atoms with van der Waals surface area (Å²) in [4.78, 5) is 12.0. The molecule has 1 unspecified atom stereocenters. The smallest absolute Gasteiger partial charge is 0.309 e. The Labute approximate surface area is 126 Å². The molecule has 1 aliphatic rings. The van der Waals surface area contributed by atoms with Gasteiger partial charge in [-0.2, -0.15) is 4.31 Å². The third-order valence-corrected chi connectivity index (χ3v) is 5.89. The fourth-order valence-electron chi connectivity index (χ4n) is 2.75. The van der Waals surface area contributed by atoms with Crippen molar-refractivity contribution >= 4 is 16.0 Å². The Morgan fingerprint density at radius 3 is 2.67 bits per heavy atom. The molecular formula is C15H21NO4S. The van der Waals surface area contributed by atoms with E-state index < -0.39 is 10.0 Å². The highest BCUT2D eigenvalue weighted by atomic mass is 32.2. The first-order chi connectivity index (χ1) is 9.86. The van der Waals surface area contributed by atoms with Gasteiger partial charge in [0.25, 0.3) is 0 Å². The second kappa shape index (κ2) is 6.15. The van der Waals surface area contributed by atoms with Crippen LogP contribution in [0.15, 0.2) is 23.1 Å².